The van der Waals surface area contributed by atoms with E-state index in [1.54, 1.807) is 30.6 Å². The van der Waals surface area contributed by atoms with Crippen LogP contribution in [0.5, 0.6) is 0 Å². The van der Waals surface area contributed by atoms with Crippen LogP contribution in [0.4, 0.5) is 23.0 Å². The van der Waals surface area contributed by atoms with Crippen LogP contribution in [-0.2, 0) is 14.8 Å². The minimum Gasteiger partial charge on any atom is -0.378 e. The zero-order chi connectivity index (χ0) is 24.3. The van der Waals surface area contributed by atoms with Gasteiger partial charge >= 0.3 is 0 Å². The standard InChI is InChI=1S/C25H24N6O3S/c1-2-35(32,33)30-21-5-3-4-18(16-21)23-24-19(10-11-26-23)17-27-25(29-24)28-20-6-8-22(9-7-20)31-12-14-34-15-13-31/h2-11,16-17,30H,1,12-15H2,(H,27,28,29). The lowest BCUT2D eigenvalue weighted by atomic mass is 10.1. The maximum Gasteiger partial charge on any atom is 0.254 e. The van der Waals surface area contributed by atoms with Crippen LogP contribution in [0.1, 0.15) is 0 Å². The molecule has 1 aliphatic rings. The van der Waals surface area contributed by atoms with Crippen LogP contribution in [-0.4, -0.2) is 49.7 Å². The zero-order valence-electron chi connectivity index (χ0n) is 18.9. The summed E-state index contributed by atoms with van der Waals surface area (Å²) in [7, 11) is -3.62. The largest absolute Gasteiger partial charge is 0.378 e. The maximum absolute atomic E-state index is 11.9. The van der Waals surface area contributed by atoms with Gasteiger partial charge in [-0.2, -0.15) is 0 Å². The van der Waals surface area contributed by atoms with Crippen LogP contribution >= 0.6 is 0 Å². The lowest BCUT2D eigenvalue weighted by molar-refractivity contribution is 0.122. The molecule has 1 saturated heterocycles. The van der Waals surface area contributed by atoms with Crippen LogP contribution in [0.3, 0.4) is 0 Å². The van der Waals surface area contributed by atoms with E-state index < -0.39 is 10.0 Å². The van der Waals surface area contributed by atoms with E-state index in [-0.39, 0.29) is 0 Å². The minimum absolute atomic E-state index is 0.411. The van der Waals surface area contributed by atoms with Crippen molar-refractivity contribution in [2.45, 2.75) is 0 Å². The van der Waals surface area contributed by atoms with E-state index >= 15 is 0 Å². The molecule has 5 rings (SSSR count). The second-order valence-corrected chi connectivity index (χ2v) is 9.58. The molecule has 35 heavy (non-hydrogen) atoms. The quantitative estimate of drug-likeness (QED) is 0.399. The van der Waals surface area contributed by atoms with Crippen molar-refractivity contribution in [2.75, 3.05) is 41.2 Å². The number of nitrogens with zero attached hydrogens (tertiary/aromatic N) is 4. The number of aromatic nitrogens is 3. The first-order chi connectivity index (χ1) is 17.0. The Morgan fingerprint density at radius 3 is 2.57 bits per heavy atom. The summed E-state index contributed by atoms with van der Waals surface area (Å²) in [4.78, 5) is 16.0. The Kier molecular flexibility index (Phi) is 6.30. The van der Waals surface area contributed by atoms with Gasteiger partial charge < -0.3 is 15.0 Å². The third kappa shape index (κ3) is 5.23. The number of anilines is 4. The first kappa shape index (κ1) is 22.8. The van der Waals surface area contributed by atoms with Gasteiger partial charge in [0.05, 0.1) is 18.9 Å². The van der Waals surface area contributed by atoms with Crippen LogP contribution in [0.25, 0.3) is 22.2 Å². The normalized spacial score (nSPS) is 14.0. The van der Waals surface area contributed by atoms with Crippen molar-refractivity contribution in [2.24, 2.45) is 0 Å². The number of hydrogen-bond acceptors (Lipinski definition) is 8. The molecule has 4 aromatic rings. The van der Waals surface area contributed by atoms with Crippen molar-refractivity contribution in [1.29, 1.82) is 0 Å². The number of morpholine rings is 1. The smallest absolute Gasteiger partial charge is 0.254 e. The summed E-state index contributed by atoms with van der Waals surface area (Å²) in [5.41, 5.74) is 4.42. The molecule has 0 spiro atoms. The average Bonchev–Trinajstić information content (AvgIpc) is 2.89. The monoisotopic (exact) mass is 488 g/mol. The summed E-state index contributed by atoms with van der Waals surface area (Å²) < 4.78 is 31.6. The molecule has 0 radical (unpaired) electrons. The Labute approximate surface area is 203 Å². The number of pyridine rings is 1. The summed E-state index contributed by atoms with van der Waals surface area (Å²) in [6, 6.07) is 17.0. The number of hydrogen-bond donors (Lipinski definition) is 2. The SMILES string of the molecule is C=CS(=O)(=O)Nc1cccc(-c2nccc3cnc(Nc4ccc(N5CCOCC5)cc4)nc23)c1. The molecule has 0 unspecified atom stereocenters. The predicted molar refractivity (Wildman–Crippen MR) is 138 cm³/mol. The third-order valence-corrected chi connectivity index (χ3v) is 6.57. The highest BCUT2D eigenvalue weighted by atomic mass is 32.2. The molecule has 3 heterocycles. The highest BCUT2D eigenvalue weighted by Crippen LogP contribution is 2.28. The Morgan fingerprint density at radius 2 is 1.80 bits per heavy atom. The number of fused-ring (bicyclic) bond motifs is 1. The van der Waals surface area contributed by atoms with Crippen LogP contribution < -0.4 is 14.9 Å². The summed E-state index contributed by atoms with van der Waals surface area (Å²) >= 11 is 0. The van der Waals surface area contributed by atoms with Gasteiger partial charge in [-0.15, -0.1) is 0 Å². The minimum atomic E-state index is -3.62. The molecule has 9 nitrogen and oxygen atoms in total. The van der Waals surface area contributed by atoms with Crippen molar-refractivity contribution >= 4 is 43.9 Å². The van der Waals surface area contributed by atoms with E-state index in [1.807, 2.05) is 24.3 Å². The Morgan fingerprint density at radius 1 is 1.00 bits per heavy atom. The average molecular weight is 489 g/mol. The molecule has 0 atom stereocenters. The molecular weight excluding hydrogens is 464 g/mol. The van der Waals surface area contributed by atoms with E-state index in [4.69, 9.17) is 9.72 Å². The van der Waals surface area contributed by atoms with Crippen molar-refractivity contribution in [3.8, 4) is 11.3 Å². The van der Waals surface area contributed by atoms with Crippen molar-refractivity contribution < 1.29 is 13.2 Å². The maximum atomic E-state index is 11.9. The fraction of sp³-hybridized carbons (Fsp3) is 0.160. The van der Waals surface area contributed by atoms with Crippen molar-refractivity contribution in [1.82, 2.24) is 15.0 Å². The summed E-state index contributed by atoms with van der Waals surface area (Å²) in [6.07, 6.45) is 3.42. The molecule has 0 amide bonds. The van der Waals surface area contributed by atoms with E-state index in [0.29, 0.717) is 22.8 Å². The summed E-state index contributed by atoms with van der Waals surface area (Å²) in [6.45, 7) is 6.57. The zero-order valence-corrected chi connectivity index (χ0v) is 19.7. The number of sulfonamides is 1. The van der Waals surface area contributed by atoms with Gasteiger partial charge in [0.1, 0.15) is 5.52 Å². The van der Waals surface area contributed by atoms with Gasteiger partial charge in [-0.3, -0.25) is 9.71 Å². The predicted octanol–water partition coefficient (Wildman–Crippen LogP) is 4.16. The number of nitrogens with one attached hydrogen (secondary N) is 2. The van der Waals surface area contributed by atoms with E-state index in [2.05, 4.69) is 43.6 Å². The van der Waals surface area contributed by atoms with E-state index in [1.165, 1.54) is 0 Å². The lowest BCUT2D eigenvalue weighted by Crippen LogP contribution is -2.36. The molecule has 178 valence electrons. The van der Waals surface area contributed by atoms with Crippen molar-refractivity contribution in [3.05, 3.63) is 79.0 Å². The van der Waals surface area contributed by atoms with Gasteiger partial charge in [0.15, 0.2) is 0 Å². The number of rotatable bonds is 7. The molecule has 1 aliphatic heterocycles. The molecule has 1 fully saturated rings. The van der Waals surface area contributed by atoms with E-state index in [9.17, 15) is 8.42 Å². The van der Waals surface area contributed by atoms with Gasteiger partial charge in [-0.25, -0.2) is 18.4 Å². The Bertz CT molecular complexity index is 1470. The molecule has 2 aromatic carbocycles. The van der Waals surface area contributed by atoms with Gasteiger partial charge in [-0.05, 0) is 42.5 Å². The second-order valence-electron chi connectivity index (χ2n) is 7.96. The van der Waals surface area contributed by atoms with Crippen LogP contribution in [0.2, 0.25) is 0 Å². The van der Waals surface area contributed by atoms with Crippen LogP contribution in [0.15, 0.2) is 79.0 Å². The highest BCUT2D eigenvalue weighted by Gasteiger charge is 2.13. The molecule has 0 saturated carbocycles. The third-order valence-electron chi connectivity index (χ3n) is 5.61. The summed E-state index contributed by atoms with van der Waals surface area (Å²) in [5, 5.41) is 4.95. The topological polar surface area (TPSA) is 109 Å². The lowest BCUT2D eigenvalue weighted by Gasteiger charge is -2.28. The molecule has 2 N–H and O–H groups in total. The number of benzene rings is 2. The van der Waals surface area contributed by atoms with E-state index in [0.717, 1.165) is 54.0 Å². The van der Waals surface area contributed by atoms with Gasteiger partial charge in [-0.1, -0.05) is 18.7 Å². The highest BCUT2D eigenvalue weighted by molar-refractivity contribution is 7.95. The van der Waals surface area contributed by atoms with Gasteiger partial charge in [0.25, 0.3) is 10.0 Å². The van der Waals surface area contributed by atoms with Gasteiger partial charge in [0, 0.05) is 58.9 Å². The second kappa shape index (κ2) is 9.69. The first-order valence-electron chi connectivity index (χ1n) is 11.1. The molecule has 2 aromatic heterocycles. The molecule has 0 bridgehead atoms. The molecule has 10 heteroatoms. The Balaban J connectivity index is 1.42. The fourth-order valence-corrected chi connectivity index (χ4v) is 4.41. The van der Waals surface area contributed by atoms with Crippen LogP contribution in [0, 0.1) is 0 Å². The van der Waals surface area contributed by atoms with Crippen molar-refractivity contribution in [3.63, 3.8) is 0 Å². The summed E-state index contributed by atoms with van der Waals surface area (Å²) in [5.74, 6) is 0.439. The number of ether oxygens (including phenoxy) is 1. The first-order valence-corrected chi connectivity index (χ1v) is 12.6. The van der Waals surface area contributed by atoms with Gasteiger partial charge in [0.2, 0.25) is 5.95 Å². The Hall–Kier alpha value is -4.02. The fourth-order valence-electron chi connectivity index (χ4n) is 3.87. The molecular formula is C25H24N6O3S. The molecule has 0 aliphatic carbocycles.